The summed E-state index contributed by atoms with van der Waals surface area (Å²) in [5.41, 5.74) is 1.74. The average Bonchev–Trinajstić information content (AvgIpc) is 3.09. The molecule has 0 heterocycles. The second-order valence-corrected chi connectivity index (χ2v) is 13.6. The van der Waals surface area contributed by atoms with E-state index in [1.54, 1.807) is 56.5 Å². The third-order valence-corrected chi connectivity index (χ3v) is 9.90. The van der Waals surface area contributed by atoms with Crippen molar-refractivity contribution in [3.05, 3.63) is 119 Å². The molecule has 4 aromatic carbocycles. The molecular weight excluding hydrogens is 650 g/mol. The van der Waals surface area contributed by atoms with E-state index in [9.17, 15) is 18.0 Å². The Morgan fingerprint density at radius 3 is 2.21 bits per heavy atom. The average molecular weight is 692 g/mol. The van der Waals surface area contributed by atoms with Crippen LogP contribution in [0, 0.1) is 0 Å². The van der Waals surface area contributed by atoms with E-state index in [0.29, 0.717) is 28.5 Å². The molecule has 0 saturated carbocycles. The number of methoxy groups -OCH3 is 1. The van der Waals surface area contributed by atoms with Crippen molar-refractivity contribution in [2.75, 3.05) is 24.6 Å². The van der Waals surface area contributed by atoms with E-state index < -0.39 is 28.5 Å². The van der Waals surface area contributed by atoms with Crippen molar-refractivity contribution in [1.29, 1.82) is 0 Å². The summed E-state index contributed by atoms with van der Waals surface area (Å²) in [7, 11) is -2.77. The van der Waals surface area contributed by atoms with Crippen LogP contribution in [-0.4, -0.2) is 57.5 Å². The van der Waals surface area contributed by atoms with E-state index in [0.717, 1.165) is 9.87 Å². The lowest BCUT2D eigenvalue weighted by molar-refractivity contribution is -0.140. The Bertz CT molecular complexity index is 1770. The van der Waals surface area contributed by atoms with Crippen LogP contribution in [0.2, 0.25) is 5.02 Å². The fraction of sp³-hybridized carbons (Fsp3) is 0.297. The van der Waals surface area contributed by atoms with Gasteiger partial charge >= 0.3 is 0 Å². The third kappa shape index (κ3) is 9.29. The van der Waals surface area contributed by atoms with Gasteiger partial charge in [0.25, 0.3) is 10.0 Å². The fourth-order valence-electron chi connectivity index (χ4n) is 5.15. The smallest absolute Gasteiger partial charge is 0.264 e. The number of rotatable bonds is 16. The van der Waals surface area contributed by atoms with Gasteiger partial charge in [0.1, 0.15) is 24.1 Å². The van der Waals surface area contributed by atoms with Crippen LogP contribution in [0.25, 0.3) is 0 Å². The van der Waals surface area contributed by atoms with Gasteiger partial charge in [-0.25, -0.2) is 8.42 Å². The van der Waals surface area contributed by atoms with Crippen molar-refractivity contribution >= 4 is 39.1 Å². The number of benzene rings is 4. The van der Waals surface area contributed by atoms with E-state index in [1.807, 2.05) is 50.2 Å². The standard InChI is InChI=1S/C37H42ClN3O6S/c1-5-27(3)39-37(43)34(24-28-13-8-7-9-14-28)40(25-29-15-12-16-31(23-29)46-4)36(42)26-41(33-17-10-11-18-35(33)47-6-2)48(44,45)32-21-19-30(38)20-22-32/h7-23,27,34H,5-6,24-26H2,1-4H3,(H,39,43). The van der Waals surface area contributed by atoms with Crippen LogP contribution in [0.3, 0.4) is 0 Å². The number of para-hydroxylation sites is 2. The molecule has 0 radical (unpaired) electrons. The molecule has 2 amide bonds. The minimum absolute atomic E-state index is 0.0173. The first-order valence-electron chi connectivity index (χ1n) is 15.8. The van der Waals surface area contributed by atoms with Gasteiger partial charge < -0.3 is 19.7 Å². The molecule has 0 aliphatic heterocycles. The summed E-state index contributed by atoms with van der Waals surface area (Å²) in [5.74, 6) is -0.0469. The van der Waals surface area contributed by atoms with Gasteiger partial charge in [-0.05, 0) is 79.9 Å². The number of nitrogens with zero attached hydrogens (tertiary/aromatic N) is 2. The SMILES string of the molecule is CCOc1ccccc1N(CC(=O)N(Cc1cccc(OC)c1)C(Cc1ccccc1)C(=O)NC(C)CC)S(=O)(=O)c1ccc(Cl)cc1. The topological polar surface area (TPSA) is 105 Å². The number of halogens is 1. The Morgan fingerprint density at radius 1 is 0.875 bits per heavy atom. The monoisotopic (exact) mass is 691 g/mol. The minimum Gasteiger partial charge on any atom is -0.497 e. The van der Waals surface area contributed by atoms with Gasteiger partial charge in [-0.1, -0.05) is 73.1 Å². The number of carbonyl (C=O) groups is 2. The second kappa shape index (κ2) is 17.0. The fourth-order valence-corrected chi connectivity index (χ4v) is 6.70. The van der Waals surface area contributed by atoms with Crippen molar-refractivity contribution in [2.24, 2.45) is 0 Å². The molecule has 1 N–H and O–H groups in total. The molecule has 2 unspecified atom stereocenters. The number of nitrogens with one attached hydrogen (secondary N) is 1. The molecule has 0 fully saturated rings. The molecule has 254 valence electrons. The van der Waals surface area contributed by atoms with Crippen molar-refractivity contribution < 1.29 is 27.5 Å². The summed E-state index contributed by atoms with van der Waals surface area (Å²) < 4.78 is 41.0. The van der Waals surface area contributed by atoms with Crippen LogP contribution in [0.15, 0.2) is 108 Å². The summed E-state index contributed by atoms with van der Waals surface area (Å²) in [6.45, 7) is 5.34. The molecule has 0 saturated heterocycles. The summed E-state index contributed by atoms with van der Waals surface area (Å²) >= 11 is 6.09. The first-order chi connectivity index (χ1) is 23.1. The Morgan fingerprint density at radius 2 is 1.54 bits per heavy atom. The van der Waals surface area contributed by atoms with Gasteiger partial charge in [-0.2, -0.15) is 0 Å². The van der Waals surface area contributed by atoms with Gasteiger partial charge in [0.2, 0.25) is 11.8 Å². The highest BCUT2D eigenvalue weighted by Gasteiger charge is 2.36. The maximum atomic E-state index is 14.7. The Kier molecular flexibility index (Phi) is 12.9. The minimum atomic E-state index is -4.32. The highest BCUT2D eigenvalue weighted by Crippen LogP contribution is 2.33. The predicted octanol–water partition coefficient (Wildman–Crippen LogP) is 6.50. The Balaban J connectivity index is 1.85. The normalized spacial score (nSPS) is 12.4. The molecule has 48 heavy (non-hydrogen) atoms. The van der Waals surface area contributed by atoms with Crippen molar-refractivity contribution in [3.63, 3.8) is 0 Å². The number of amides is 2. The molecular formula is C37H42ClN3O6S. The van der Waals surface area contributed by atoms with Crippen LogP contribution in [0.4, 0.5) is 5.69 Å². The summed E-state index contributed by atoms with van der Waals surface area (Å²) in [4.78, 5) is 30.1. The number of anilines is 1. The quantitative estimate of drug-likeness (QED) is 0.144. The summed E-state index contributed by atoms with van der Waals surface area (Å²) in [5, 5.41) is 3.41. The van der Waals surface area contributed by atoms with Crippen LogP contribution in [0.1, 0.15) is 38.3 Å². The highest BCUT2D eigenvalue weighted by atomic mass is 35.5. The molecule has 0 spiro atoms. The third-order valence-electron chi connectivity index (χ3n) is 7.87. The van der Waals surface area contributed by atoms with Gasteiger partial charge in [-0.15, -0.1) is 0 Å². The molecule has 4 rings (SSSR count). The van der Waals surface area contributed by atoms with Crippen molar-refractivity contribution in [2.45, 2.75) is 57.1 Å². The number of hydrogen-bond acceptors (Lipinski definition) is 6. The molecule has 0 bridgehead atoms. The maximum absolute atomic E-state index is 14.7. The number of ether oxygens (including phenoxy) is 2. The molecule has 2 atom stereocenters. The Labute approximate surface area is 288 Å². The zero-order valence-electron chi connectivity index (χ0n) is 27.6. The molecule has 4 aromatic rings. The molecule has 9 nitrogen and oxygen atoms in total. The molecule has 11 heteroatoms. The lowest BCUT2D eigenvalue weighted by atomic mass is 10.0. The van der Waals surface area contributed by atoms with Crippen LogP contribution < -0.4 is 19.1 Å². The van der Waals surface area contributed by atoms with E-state index >= 15 is 0 Å². The number of hydrogen-bond donors (Lipinski definition) is 1. The van der Waals surface area contributed by atoms with Gasteiger partial charge in [0, 0.05) is 24.0 Å². The zero-order chi connectivity index (χ0) is 34.7. The van der Waals surface area contributed by atoms with E-state index in [1.165, 1.54) is 29.2 Å². The van der Waals surface area contributed by atoms with E-state index in [4.69, 9.17) is 21.1 Å². The lowest BCUT2D eigenvalue weighted by Crippen LogP contribution is -2.54. The van der Waals surface area contributed by atoms with Crippen molar-refractivity contribution in [1.82, 2.24) is 10.2 Å². The summed E-state index contributed by atoms with van der Waals surface area (Å²) in [6, 6.07) is 27.9. The molecule has 0 aromatic heterocycles. The summed E-state index contributed by atoms with van der Waals surface area (Å²) in [6.07, 6.45) is 0.896. The van der Waals surface area contributed by atoms with Crippen molar-refractivity contribution in [3.8, 4) is 11.5 Å². The maximum Gasteiger partial charge on any atom is 0.264 e. The molecule has 0 aliphatic carbocycles. The van der Waals surface area contributed by atoms with Gasteiger partial charge in [0.05, 0.1) is 24.3 Å². The zero-order valence-corrected chi connectivity index (χ0v) is 29.2. The van der Waals surface area contributed by atoms with E-state index in [-0.39, 0.29) is 42.1 Å². The Hall–Kier alpha value is -4.54. The largest absolute Gasteiger partial charge is 0.497 e. The van der Waals surface area contributed by atoms with Gasteiger partial charge in [-0.3, -0.25) is 13.9 Å². The van der Waals surface area contributed by atoms with Crippen LogP contribution in [-0.2, 0) is 32.6 Å². The lowest BCUT2D eigenvalue weighted by Gasteiger charge is -2.34. The van der Waals surface area contributed by atoms with Crippen LogP contribution in [0.5, 0.6) is 11.5 Å². The van der Waals surface area contributed by atoms with Crippen LogP contribution >= 0.6 is 11.6 Å². The predicted molar refractivity (Wildman–Crippen MR) is 189 cm³/mol. The van der Waals surface area contributed by atoms with Gasteiger partial charge in [0.15, 0.2) is 0 Å². The number of carbonyl (C=O) groups excluding carboxylic acids is 2. The van der Waals surface area contributed by atoms with E-state index in [2.05, 4.69) is 5.32 Å². The highest BCUT2D eigenvalue weighted by molar-refractivity contribution is 7.92. The first-order valence-corrected chi connectivity index (χ1v) is 17.7. The number of sulfonamides is 1. The second-order valence-electron chi connectivity index (χ2n) is 11.3. The first kappa shape index (κ1) is 36.3. The molecule has 0 aliphatic rings.